The van der Waals surface area contributed by atoms with E-state index in [1.807, 2.05) is 102 Å². The summed E-state index contributed by atoms with van der Waals surface area (Å²) >= 11 is 5.97. The summed E-state index contributed by atoms with van der Waals surface area (Å²) in [6.45, 7) is 15.3. The molecule has 3 rings (SSSR count). The molecule has 2 aromatic carbocycles. The summed E-state index contributed by atoms with van der Waals surface area (Å²) < 4.78 is 11.5. The molecule has 3 atom stereocenters. The third-order valence-electron chi connectivity index (χ3n) is 6.07. The van der Waals surface area contributed by atoms with Gasteiger partial charge in [0.15, 0.2) is 0 Å². The van der Waals surface area contributed by atoms with Crippen LogP contribution in [0.2, 0.25) is 5.02 Å². The highest BCUT2D eigenvalue weighted by atomic mass is 35.5. The van der Waals surface area contributed by atoms with Crippen LogP contribution in [0.4, 0.5) is 0 Å². The predicted molar refractivity (Wildman–Crippen MR) is 171 cm³/mol. The van der Waals surface area contributed by atoms with E-state index in [-0.39, 0.29) is 18.3 Å². The molecule has 220 valence electrons. The Balaban J connectivity index is 0.000000512. The monoisotopic (exact) mass is 568 g/mol. The van der Waals surface area contributed by atoms with Crippen LogP contribution in [0.3, 0.4) is 0 Å². The zero-order valence-corrected chi connectivity index (χ0v) is 25.9. The first kappa shape index (κ1) is 35.0. The number of aliphatic hydroxyl groups is 1. The fourth-order valence-corrected chi connectivity index (χ4v) is 4.00. The average Bonchev–Trinajstić information content (AvgIpc) is 2.98. The summed E-state index contributed by atoms with van der Waals surface area (Å²) in [5.74, 6) is 0.963. The lowest BCUT2D eigenvalue weighted by molar-refractivity contribution is -0.0951. The van der Waals surface area contributed by atoms with Crippen molar-refractivity contribution in [3.05, 3.63) is 113 Å². The SMILES string of the molecule is C=C/C(C)=C/C=C(\C=C/NC)NCC1CC(O)CC(c2ccc(Cl)cc2)O1.CC.CCOc1ccc(CC)cc1. The minimum atomic E-state index is -0.380. The Morgan fingerprint density at radius 3 is 2.33 bits per heavy atom. The van der Waals surface area contributed by atoms with Crippen LogP contribution in [0.15, 0.2) is 96.9 Å². The van der Waals surface area contributed by atoms with E-state index in [9.17, 15) is 5.11 Å². The summed E-state index contributed by atoms with van der Waals surface area (Å²) in [4.78, 5) is 0. The van der Waals surface area contributed by atoms with Crippen LogP contribution in [0.5, 0.6) is 5.75 Å². The van der Waals surface area contributed by atoms with Crippen LogP contribution < -0.4 is 15.4 Å². The molecule has 0 aromatic heterocycles. The third-order valence-corrected chi connectivity index (χ3v) is 6.33. The maximum atomic E-state index is 10.3. The number of allylic oxidation sites excluding steroid dienone is 5. The zero-order valence-electron chi connectivity index (χ0n) is 25.1. The molecule has 5 nitrogen and oxygen atoms in total. The predicted octanol–water partition coefficient (Wildman–Crippen LogP) is 7.93. The smallest absolute Gasteiger partial charge is 0.119 e. The Morgan fingerprint density at radius 1 is 1.07 bits per heavy atom. The Hall–Kier alpha value is -2.99. The van der Waals surface area contributed by atoms with Gasteiger partial charge in [-0.2, -0.15) is 0 Å². The molecule has 1 saturated heterocycles. The number of halogens is 1. The van der Waals surface area contributed by atoms with Crippen molar-refractivity contribution in [1.29, 1.82) is 0 Å². The molecule has 0 spiro atoms. The number of rotatable bonds is 11. The van der Waals surface area contributed by atoms with Gasteiger partial charge >= 0.3 is 0 Å². The Kier molecular flexibility index (Phi) is 18.3. The topological polar surface area (TPSA) is 62.8 Å². The molecular weight excluding hydrogens is 520 g/mol. The van der Waals surface area contributed by atoms with Crippen molar-refractivity contribution >= 4 is 11.6 Å². The molecule has 1 aliphatic rings. The fraction of sp³-hybridized carbons (Fsp3) is 0.412. The molecule has 0 bridgehead atoms. The van der Waals surface area contributed by atoms with Gasteiger partial charge in [0.25, 0.3) is 0 Å². The van der Waals surface area contributed by atoms with E-state index in [4.69, 9.17) is 21.1 Å². The fourth-order valence-electron chi connectivity index (χ4n) is 3.87. The minimum absolute atomic E-state index is 0.0784. The van der Waals surface area contributed by atoms with E-state index in [0.29, 0.717) is 24.4 Å². The van der Waals surface area contributed by atoms with Crippen molar-refractivity contribution in [1.82, 2.24) is 10.6 Å². The van der Waals surface area contributed by atoms with Gasteiger partial charge in [0, 0.05) is 37.2 Å². The molecule has 2 aromatic rings. The lowest BCUT2D eigenvalue weighted by atomic mass is 9.96. The molecule has 40 heavy (non-hydrogen) atoms. The number of aryl methyl sites for hydroxylation is 1. The second kappa shape index (κ2) is 20.8. The first-order valence-corrected chi connectivity index (χ1v) is 14.7. The van der Waals surface area contributed by atoms with E-state index < -0.39 is 0 Å². The molecule has 1 aliphatic heterocycles. The van der Waals surface area contributed by atoms with Gasteiger partial charge in [0.1, 0.15) is 5.75 Å². The van der Waals surface area contributed by atoms with E-state index in [1.54, 1.807) is 0 Å². The first-order chi connectivity index (χ1) is 19.4. The number of hydrogen-bond acceptors (Lipinski definition) is 5. The molecule has 1 fully saturated rings. The van der Waals surface area contributed by atoms with Crippen molar-refractivity contribution in [2.45, 2.75) is 72.2 Å². The van der Waals surface area contributed by atoms with Gasteiger partial charge in [-0.05, 0) is 74.0 Å². The second-order valence-corrected chi connectivity index (χ2v) is 9.53. The number of ether oxygens (including phenoxy) is 2. The molecule has 0 saturated carbocycles. The van der Waals surface area contributed by atoms with Crippen LogP contribution in [0, 0.1) is 0 Å². The van der Waals surface area contributed by atoms with Crippen molar-refractivity contribution in [3.8, 4) is 5.75 Å². The van der Waals surface area contributed by atoms with E-state index in [2.05, 4.69) is 36.3 Å². The summed E-state index contributed by atoms with van der Waals surface area (Å²) in [7, 11) is 1.86. The van der Waals surface area contributed by atoms with Gasteiger partial charge in [0.05, 0.1) is 24.9 Å². The van der Waals surface area contributed by atoms with Crippen LogP contribution in [-0.4, -0.2) is 37.5 Å². The quantitative estimate of drug-likeness (QED) is 0.240. The van der Waals surface area contributed by atoms with Gasteiger partial charge in [0.2, 0.25) is 0 Å². The van der Waals surface area contributed by atoms with Gasteiger partial charge < -0.3 is 25.2 Å². The van der Waals surface area contributed by atoms with E-state index >= 15 is 0 Å². The molecule has 6 heteroatoms. The Bertz CT molecular complexity index is 1050. The highest BCUT2D eigenvalue weighted by Crippen LogP contribution is 2.32. The molecular formula is C34H49ClN2O3. The first-order valence-electron chi connectivity index (χ1n) is 14.3. The van der Waals surface area contributed by atoms with Crippen LogP contribution in [0.25, 0.3) is 0 Å². The maximum absolute atomic E-state index is 10.3. The van der Waals surface area contributed by atoms with Crippen molar-refractivity contribution in [2.24, 2.45) is 0 Å². The molecule has 0 amide bonds. The Morgan fingerprint density at radius 2 is 1.75 bits per heavy atom. The van der Waals surface area contributed by atoms with Gasteiger partial charge in [-0.3, -0.25) is 0 Å². The minimum Gasteiger partial charge on any atom is -0.494 e. The summed E-state index contributed by atoms with van der Waals surface area (Å²) in [5, 5.41) is 17.4. The summed E-state index contributed by atoms with van der Waals surface area (Å²) in [6, 6.07) is 15.9. The standard InChI is InChI=1S/C22H29ClN2O2.C10H14O.C2H6/c1-4-16(2)5-10-19(11-12-24-3)25-15-21-13-20(26)14-22(27-21)17-6-8-18(23)9-7-17;1-3-9-5-7-10(8-6-9)11-4-2;1-2/h4-12,20-22,24-26H,1,13-15H2,2-3H3;5-8H,3-4H2,1-2H3;1-2H3/b12-11-,16-5+,19-10+;;. The summed E-state index contributed by atoms with van der Waals surface area (Å²) in [5.41, 5.74) is 4.43. The van der Waals surface area contributed by atoms with Gasteiger partial charge in [-0.15, -0.1) is 0 Å². The number of nitrogens with one attached hydrogen (secondary N) is 2. The molecule has 3 unspecified atom stereocenters. The number of benzene rings is 2. The van der Waals surface area contributed by atoms with Gasteiger partial charge in [-0.25, -0.2) is 0 Å². The van der Waals surface area contributed by atoms with Crippen molar-refractivity contribution in [3.63, 3.8) is 0 Å². The maximum Gasteiger partial charge on any atom is 0.119 e. The van der Waals surface area contributed by atoms with Crippen molar-refractivity contribution < 1.29 is 14.6 Å². The van der Waals surface area contributed by atoms with Crippen LogP contribution >= 0.6 is 11.6 Å². The van der Waals surface area contributed by atoms with E-state index in [1.165, 1.54) is 5.56 Å². The molecule has 1 heterocycles. The summed E-state index contributed by atoms with van der Waals surface area (Å²) in [6.07, 6.45) is 11.4. The molecule has 0 radical (unpaired) electrons. The van der Waals surface area contributed by atoms with Gasteiger partial charge in [-0.1, -0.05) is 80.9 Å². The molecule has 0 aliphatic carbocycles. The second-order valence-electron chi connectivity index (χ2n) is 9.09. The molecule has 3 N–H and O–H groups in total. The van der Waals surface area contributed by atoms with E-state index in [0.717, 1.165) is 35.6 Å². The largest absolute Gasteiger partial charge is 0.494 e. The van der Waals surface area contributed by atoms with Crippen molar-refractivity contribution in [2.75, 3.05) is 20.2 Å². The lowest BCUT2D eigenvalue weighted by Gasteiger charge is -2.34. The average molecular weight is 569 g/mol. The zero-order chi connectivity index (χ0) is 29.8. The number of hydrogen-bond donors (Lipinski definition) is 3. The highest BCUT2D eigenvalue weighted by molar-refractivity contribution is 6.30. The van der Waals surface area contributed by atoms with Crippen LogP contribution in [0.1, 0.15) is 64.7 Å². The highest BCUT2D eigenvalue weighted by Gasteiger charge is 2.29. The Labute approximate surface area is 247 Å². The lowest BCUT2D eigenvalue weighted by Crippen LogP contribution is -2.37. The normalized spacial score (nSPS) is 19.1. The third kappa shape index (κ3) is 13.9. The number of aliphatic hydroxyl groups excluding tert-OH is 1. The van der Waals surface area contributed by atoms with Crippen LogP contribution in [-0.2, 0) is 11.2 Å².